The second kappa shape index (κ2) is 4.97. The van der Waals surface area contributed by atoms with Crippen LogP contribution in [0.4, 0.5) is 0 Å². The van der Waals surface area contributed by atoms with Crippen molar-refractivity contribution in [2.45, 2.75) is 50.5 Å². The fourth-order valence-electron chi connectivity index (χ4n) is 3.61. The van der Waals surface area contributed by atoms with Crippen molar-refractivity contribution in [2.75, 3.05) is 0 Å². The maximum Gasteiger partial charge on any atom is 0.0965 e. The number of aryl methyl sites for hydroxylation is 3. The van der Waals surface area contributed by atoms with Crippen LogP contribution in [0.25, 0.3) is 0 Å². The second-order valence-electron chi connectivity index (χ2n) is 5.94. The molecular formula is C17H19NOS. The molecule has 0 amide bonds. The van der Waals surface area contributed by atoms with E-state index in [0.29, 0.717) is 0 Å². The molecule has 0 aromatic carbocycles. The summed E-state index contributed by atoms with van der Waals surface area (Å²) in [5.41, 5.74) is 3.92. The van der Waals surface area contributed by atoms with E-state index in [-0.39, 0.29) is 12.0 Å². The van der Waals surface area contributed by atoms with E-state index in [1.807, 2.05) is 23.6 Å². The van der Waals surface area contributed by atoms with Gasteiger partial charge in [-0.05, 0) is 61.8 Å². The van der Waals surface area contributed by atoms with Gasteiger partial charge >= 0.3 is 0 Å². The van der Waals surface area contributed by atoms with Crippen LogP contribution in [0, 0.1) is 0 Å². The van der Waals surface area contributed by atoms with Gasteiger partial charge < -0.3 is 5.11 Å². The fraction of sp³-hybridized carbons (Fsp3) is 0.471. The van der Waals surface area contributed by atoms with Crippen LogP contribution in [0.3, 0.4) is 0 Å². The first kappa shape index (κ1) is 12.5. The third-order valence-corrected chi connectivity index (χ3v) is 6.00. The molecule has 3 heteroatoms. The van der Waals surface area contributed by atoms with Crippen molar-refractivity contribution >= 4 is 11.3 Å². The lowest BCUT2D eigenvalue weighted by Gasteiger charge is -2.16. The van der Waals surface area contributed by atoms with Crippen molar-refractivity contribution < 1.29 is 5.11 Å². The Bertz CT molecular complexity index is 610. The van der Waals surface area contributed by atoms with Gasteiger partial charge in [0.25, 0.3) is 0 Å². The molecule has 1 N–H and O–H groups in total. The lowest BCUT2D eigenvalue weighted by atomic mass is 9.95. The van der Waals surface area contributed by atoms with Gasteiger partial charge in [0.2, 0.25) is 0 Å². The Morgan fingerprint density at radius 1 is 1.20 bits per heavy atom. The number of pyridine rings is 1. The highest BCUT2D eigenvalue weighted by atomic mass is 32.1. The molecule has 104 valence electrons. The highest BCUT2D eigenvalue weighted by molar-refractivity contribution is 7.12. The minimum absolute atomic E-state index is 0.186. The van der Waals surface area contributed by atoms with Crippen molar-refractivity contribution in [3.8, 4) is 0 Å². The zero-order valence-electron chi connectivity index (χ0n) is 11.5. The number of nitrogens with zero attached hydrogens (tertiary/aromatic N) is 1. The van der Waals surface area contributed by atoms with Crippen molar-refractivity contribution in [3.63, 3.8) is 0 Å². The number of hydrogen-bond acceptors (Lipinski definition) is 3. The van der Waals surface area contributed by atoms with Gasteiger partial charge in [0.1, 0.15) is 0 Å². The van der Waals surface area contributed by atoms with Crippen molar-refractivity contribution in [2.24, 2.45) is 0 Å². The SMILES string of the molecule is OC(c1cc2c(s1)CCCC2)C1CCc2cccnc21. The van der Waals surface area contributed by atoms with Crippen LogP contribution in [0.15, 0.2) is 24.4 Å². The molecule has 2 aromatic heterocycles. The minimum atomic E-state index is -0.373. The summed E-state index contributed by atoms with van der Waals surface area (Å²) in [4.78, 5) is 7.17. The fourth-order valence-corrected chi connectivity index (χ4v) is 4.92. The Morgan fingerprint density at radius 3 is 3.00 bits per heavy atom. The van der Waals surface area contributed by atoms with Crippen molar-refractivity contribution in [1.29, 1.82) is 0 Å². The number of thiophene rings is 1. The van der Waals surface area contributed by atoms with Gasteiger partial charge in [-0.2, -0.15) is 0 Å². The molecule has 20 heavy (non-hydrogen) atoms. The van der Waals surface area contributed by atoms with E-state index < -0.39 is 0 Å². The van der Waals surface area contributed by atoms with E-state index in [4.69, 9.17) is 0 Å². The molecule has 0 saturated carbocycles. The third kappa shape index (κ3) is 2.00. The Kier molecular flexibility index (Phi) is 3.12. The number of aliphatic hydroxyl groups is 1. The number of hydrogen-bond donors (Lipinski definition) is 1. The van der Waals surface area contributed by atoms with Crippen LogP contribution in [0.5, 0.6) is 0 Å². The van der Waals surface area contributed by atoms with Gasteiger partial charge in [-0.1, -0.05) is 6.07 Å². The first-order chi connectivity index (χ1) is 9.83. The lowest BCUT2D eigenvalue weighted by molar-refractivity contribution is 0.147. The van der Waals surface area contributed by atoms with E-state index in [9.17, 15) is 5.11 Å². The van der Waals surface area contributed by atoms with Gasteiger partial charge in [0.15, 0.2) is 0 Å². The number of fused-ring (bicyclic) bond motifs is 2. The molecule has 0 bridgehead atoms. The molecule has 0 fully saturated rings. The zero-order valence-corrected chi connectivity index (χ0v) is 12.3. The quantitative estimate of drug-likeness (QED) is 0.910. The van der Waals surface area contributed by atoms with E-state index in [1.54, 1.807) is 0 Å². The maximum absolute atomic E-state index is 10.8. The Labute approximate surface area is 123 Å². The Balaban J connectivity index is 1.65. The Morgan fingerprint density at radius 2 is 2.10 bits per heavy atom. The summed E-state index contributed by atoms with van der Waals surface area (Å²) in [5, 5.41) is 10.8. The lowest BCUT2D eigenvalue weighted by Crippen LogP contribution is -2.08. The summed E-state index contributed by atoms with van der Waals surface area (Å²) in [7, 11) is 0. The molecule has 2 unspecified atom stereocenters. The first-order valence-electron chi connectivity index (χ1n) is 7.56. The van der Waals surface area contributed by atoms with E-state index >= 15 is 0 Å². The van der Waals surface area contributed by atoms with E-state index in [2.05, 4.69) is 17.1 Å². The predicted octanol–water partition coefficient (Wildman–Crippen LogP) is 3.79. The van der Waals surface area contributed by atoms with Gasteiger partial charge in [0, 0.05) is 27.6 Å². The molecule has 2 aliphatic rings. The van der Waals surface area contributed by atoms with Crippen LogP contribution in [-0.4, -0.2) is 10.1 Å². The molecule has 0 saturated heterocycles. The predicted molar refractivity (Wildman–Crippen MR) is 81.2 cm³/mol. The molecule has 2 nitrogen and oxygen atoms in total. The van der Waals surface area contributed by atoms with Crippen molar-refractivity contribution in [3.05, 3.63) is 51.0 Å². The highest BCUT2D eigenvalue weighted by Crippen LogP contribution is 2.43. The third-order valence-electron chi connectivity index (χ3n) is 4.69. The van der Waals surface area contributed by atoms with Crippen LogP contribution >= 0.6 is 11.3 Å². The normalized spacial score (nSPS) is 22.4. The van der Waals surface area contributed by atoms with E-state index in [1.165, 1.54) is 41.7 Å². The van der Waals surface area contributed by atoms with Crippen LogP contribution in [-0.2, 0) is 19.3 Å². The molecule has 2 atom stereocenters. The molecular weight excluding hydrogens is 266 g/mol. The summed E-state index contributed by atoms with van der Waals surface area (Å²) in [5.74, 6) is 0.186. The van der Waals surface area contributed by atoms with Crippen molar-refractivity contribution in [1.82, 2.24) is 4.98 Å². The van der Waals surface area contributed by atoms with Crippen LogP contribution < -0.4 is 0 Å². The molecule has 0 aliphatic heterocycles. The minimum Gasteiger partial charge on any atom is -0.387 e. The standard InChI is InChI=1S/C17H19NOS/c19-17(13-8-7-11-5-3-9-18-16(11)13)15-10-12-4-1-2-6-14(12)20-15/h3,5,9-10,13,17,19H,1-2,4,6-8H2. The molecule has 0 spiro atoms. The van der Waals surface area contributed by atoms with Crippen LogP contribution in [0.2, 0.25) is 0 Å². The average molecular weight is 285 g/mol. The molecule has 2 aromatic rings. The number of aromatic nitrogens is 1. The van der Waals surface area contributed by atoms with Gasteiger partial charge in [-0.15, -0.1) is 11.3 Å². The number of aliphatic hydroxyl groups excluding tert-OH is 1. The summed E-state index contributed by atoms with van der Waals surface area (Å²) >= 11 is 1.83. The smallest absolute Gasteiger partial charge is 0.0965 e. The summed E-state index contributed by atoms with van der Waals surface area (Å²) in [6.45, 7) is 0. The molecule has 2 aliphatic carbocycles. The highest BCUT2D eigenvalue weighted by Gasteiger charge is 2.32. The second-order valence-corrected chi connectivity index (χ2v) is 7.11. The average Bonchev–Trinajstić information content (AvgIpc) is 3.10. The zero-order chi connectivity index (χ0) is 13.5. The van der Waals surface area contributed by atoms with Gasteiger partial charge in [0.05, 0.1) is 6.10 Å². The molecule has 0 radical (unpaired) electrons. The van der Waals surface area contributed by atoms with Gasteiger partial charge in [-0.3, -0.25) is 4.98 Å². The summed E-state index contributed by atoms with van der Waals surface area (Å²) < 4.78 is 0. The van der Waals surface area contributed by atoms with Crippen LogP contribution in [0.1, 0.15) is 57.9 Å². The first-order valence-corrected chi connectivity index (χ1v) is 8.38. The number of rotatable bonds is 2. The monoisotopic (exact) mass is 285 g/mol. The summed E-state index contributed by atoms with van der Waals surface area (Å²) in [6, 6.07) is 6.40. The Hall–Kier alpha value is -1.19. The largest absolute Gasteiger partial charge is 0.387 e. The summed E-state index contributed by atoms with van der Waals surface area (Å²) in [6.07, 6.45) is 8.55. The molecule has 4 rings (SSSR count). The topological polar surface area (TPSA) is 33.1 Å². The maximum atomic E-state index is 10.8. The molecule has 2 heterocycles. The van der Waals surface area contributed by atoms with Gasteiger partial charge in [-0.25, -0.2) is 0 Å². The van der Waals surface area contributed by atoms with E-state index in [0.717, 1.165) is 23.4 Å².